The van der Waals surface area contributed by atoms with Crippen molar-refractivity contribution in [3.63, 3.8) is 0 Å². The van der Waals surface area contributed by atoms with Crippen LogP contribution >= 0.6 is 0 Å². The number of ether oxygens (including phenoxy) is 1. The summed E-state index contributed by atoms with van der Waals surface area (Å²) in [6.07, 6.45) is 5.16. The minimum atomic E-state index is -0.442. The molecule has 0 spiro atoms. The summed E-state index contributed by atoms with van der Waals surface area (Å²) in [5.41, 5.74) is 7.99. The molecule has 2 aromatic rings. The highest BCUT2D eigenvalue weighted by Gasteiger charge is 2.21. The molecule has 0 saturated carbocycles. The van der Waals surface area contributed by atoms with Gasteiger partial charge in [-0.25, -0.2) is 9.97 Å². The second-order valence-corrected chi connectivity index (χ2v) is 4.01. The van der Waals surface area contributed by atoms with E-state index in [2.05, 4.69) is 15.1 Å². The van der Waals surface area contributed by atoms with Crippen LogP contribution in [0.3, 0.4) is 0 Å². The van der Waals surface area contributed by atoms with Crippen LogP contribution in [0.15, 0.2) is 18.6 Å². The number of hydrogen-bond acceptors (Lipinski definition) is 5. The number of methoxy groups -OCH3 is 1. The third kappa shape index (κ3) is 2.19. The summed E-state index contributed by atoms with van der Waals surface area (Å²) in [5.74, 6) is 1.22. The van der Waals surface area contributed by atoms with Gasteiger partial charge in [0.15, 0.2) is 11.6 Å². The fourth-order valence-electron chi connectivity index (χ4n) is 1.79. The zero-order chi connectivity index (χ0) is 13.1. The molecule has 0 bridgehead atoms. The smallest absolute Gasteiger partial charge is 0.162 e. The molecule has 0 saturated heterocycles. The molecule has 0 aromatic carbocycles. The number of aromatic nitrogens is 4. The maximum absolute atomic E-state index is 6.20. The number of rotatable bonds is 4. The molecular weight excluding hydrogens is 230 g/mol. The summed E-state index contributed by atoms with van der Waals surface area (Å²) in [6, 6.07) is -0.442. The monoisotopic (exact) mass is 247 g/mol. The van der Waals surface area contributed by atoms with E-state index < -0.39 is 6.04 Å². The van der Waals surface area contributed by atoms with Crippen molar-refractivity contribution in [2.75, 3.05) is 7.11 Å². The van der Waals surface area contributed by atoms with Crippen LogP contribution in [-0.4, -0.2) is 26.9 Å². The number of hydrogen-bond donors (Lipinski definition) is 1. The van der Waals surface area contributed by atoms with E-state index in [1.807, 2.05) is 13.8 Å². The highest BCUT2D eigenvalue weighted by atomic mass is 16.5. The summed E-state index contributed by atoms with van der Waals surface area (Å²) < 4.78 is 7.07. The molecule has 18 heavy (non-hydrogen) atoms. The van der Waals surface area contributed by atoms with Crippen molar-refractivity contribution >= 4 is 0 Å². The van der Waals surface area contributed by atoms with Crippen molar-refractivity contribution in [1.82, 2.24) is 19.7 Å². The molecule has 1 atom stereocenters. The quantitative estimate of drug-likeness (QED) is 0.873. The number of nitrogens with two attached hydrogens (primary N) is 1. The minimum Gasteiger partial charge on any atom is -0.493 e. The molecule has 2 N–H and O–H groups in total. The van der Waals surface area contributed by atoms with Crippen LogP contribution in [0.25, 0.3) is 0 Å². The molecular formula is C12H17N5O. The first-order valence-corrected chi connectivity index (χ1v) is 5.81. The fraction of sp³-hybridized carbons (Fsp3) is 0.417. The number of nitrogens with zero attached hydrogens (tertiary/aromatic N) is 4. The van der Waals surface area contributed by atoms with Crippen molar-refractivity contribution in [1.29, 1.82) is 0 Å². The average Bonchev–Trinajstić information content (AvgIpc) is 2.81. The van der Waals surface area contributed by atoms with E-state index in [-0.39, 0.29) is 0 Å². The predicted molar refractivity (Wildman–Crippen MR) is 67.3 cm³/mol. The van der Waals surface area contributed by atoms with Crippen molar-refractivity contribution in [2.45, 2.75) is 26.4 Å². The Kier molecular flexibility index (Phi) is 3.57. The summed E-state index contributed by atoms with van der Waals surface area (Å²) in [7, 11) is 1.60. The van der Waals surface area contributed by atoms with Gasteiger partial charge in [-0.1, -0.05) is 0 Å². The van der Waals surface area contributed by atoms with E-state index >= 15 is 0 Å². The lowest BCUT2D eigenvalue weighted by molar-refractivity contribution is 0.403. The van der Waals surface area contributed by atoms with E-state index in [9.17, 15) is 0 Å². The van der Waals surface area contributed by atoms with Gasteiger partial charge < -0.3 is 10.5 Å². The lowest BCUT2D eigenvalue weighted by atomic mass is 10.2. The summed E-state index contributed by atoms with van der Waals surface area (Å²) in [4.78, 5) is 8.50. The van der Waals surface area contributed by atoms with Crippen molar-refractivity contribution < 1.29 is 4.74 Å². The highest BCUT2D eigenvalue weighted by Crippen LogP contribution is 2.26. The largest absolute Gasteiger partial charge is 0.493 e. The standard InChI is InChI=1S/C12H17N5O/c1-4-17-11(9(18-3)7-16-17)10(13)12-14-5-8(2)6-15-12/h5-7,10H,4,13H2,1-3H3. The first kappa shape index (κ1) is 12.5. The Bertz CT molecular complexity index is 498. The Labute approximate surface area is 106 Å². The molecule has 2 heterocycles. The zero-order valence-electron chi connectivity index (χ0n) is 10.8. The van der Waals surface area contributed by atoms with Gasteiger partial charge in [0.05, 0.1) is 13.3 Å². The van der Waals surface area contributed by atoms with Crippen LogP contribution in [0, 0.1) is 6.92 Å². The Morgan fingerprint density at radius 2 is 2.00 bits per heavy atom. The average molecular weight is 247 g/mol. The minimum absolute atomic E-state index is 0.442. The van der Waals surface area contributed by atoms with Crippen LogP contribution in [0.4, 0.5) is 0 Å². The van der Waals surface area contributed by atoms with E-state index in [1.165, 1.54) is 0 Å². The van der Waals surface area contributed by atoms with Crippen molar-refractivity contribution in [2.24, 2.45) is 5.73 Å². The molecule has 0 aliphatic carbocycles. The van der Waals surface area contributed by atoms with Crippen molar-refractivity contribution in [3.05, 3.63) is 35.7 Å². The van der Waals surface area contributed by atoms with E-state index in [4.69, 9.17) is 10.5 Å². The Balaban J connectivity index is 2.41. The zero-order valence-corrected chi connectivity index (χ0v) is 10.8. The maximum atomic E-state index is 6.20. The SMILES string of the molecule is CCn1ncc(OC)c1C(N)c1ncc(C)cn1. The molecule has 1 unspecified atom stereocenters. The normalized spacial score (nSPS) is 12.4. The van der Waals surface area contributed by atoms with Crippen LogP contribution in [0.2, 0.25) is 0 Å². The first-order valence-electron chi connectivity index (χ1n) is 5.81. The van der Waals surface area contributed by atoms with E-state index in [0.717, 1.165) is 17.8 Å². The van der Waals surface area contributed by atoms with Gasteiger partial charge in [0.25, 0.3) is 0 Å². The van der Waals surface area contributed by atoms with Gasteiger partial charge in [0, 0.05) is 18.9 Å². The van der Waals surface area contributed by atoms with Crippen LogP contribution < -0.4 is 10.5 Å². The van der Waals surface area contributed by atoms with Crippen LogP contribution in [-0.2, 0) is 6.54 Å². The van der Waals surface area contributed by atoms with Gasteiger partial charge in [0.1, 0.15) is 11.7 Å². The van der Waals surface area contributed by atoms with Gasteiger partial charge in [-0.05, 0) is 19.4 Å². The third-order valence-corrected chi connectivity index (χ3v) is 2.74. The van der Waals surface area contributed by atoms with Gasteiger partial charge >= 0.3 is 0 Å². The van der Waals surface area contributed by atoms with Gasteiger partial charge in [-0.2, -0.15) is 5.10 Å². The molecule has 96 valence electrons. The molecule has 0 amide bonds. The fourth-order valence-corrected chi connectivity index (χ4v) is 1.79. The third-order valence-electron chi connectivity index (χ3n) is 2.74. The molecule has 6 nitrogen and oxygen atoms in total. The highest BCUT2D eigenvalue weighted by molar-refractivity contribution is 5.31. The predicted octanol–water partition coefficient (Wildman–Crippen LogP) is 1.06. The van der Waals surface area contributed by atoms with Gasteiger partial charge in [0.2, 0.25) is 0 Å². The van der Waals surface area contributed by atoms with Gasteiger partial charge in [-0.3, -0.25) is 4.68 Å². The molecule has 2 aromatic heterocycles. The summed E-state index contributed by atoms with van der Waals surface area (Å²) in [6.45, 7) is 4.66. The summed E-state index contributed by atoms with van der Waals surface area (Å²) >= 11 is 0. The van der Waals surface area contributed by atoms with Crippen molar-refractivity contribution in [3.8, 4) is 5.75 Å². The Morgan fingerprint density at radius 1 is 1.33 bits per heavy atom. The first-order chi connectivity index (χ1) is 8.67. The van der Waals surface area contributed by atoms with Crippen LogP contribution in [0.1, 0.15) is 30.0 Å². The maximum Gasteiger partial charge on any atom is 0.162 e. The lowest BCUT2D eigenvalue weighted by Crippen LogP contribution is -2.20. The topological polar surface area (TPSA) is 78.9 Å². The second-order valence-electron chi connectivity index (χ2n) is 4.01. The second kappa shape index (κ2) is 5.14. The molecule has 0 aliphatic heterocycles. The molecule has 6 heteroatoms. The number of aryl methyl sites for hydroxylation is 2. The Hall–Kier alpha value is -1.95. The Morgan fingerprint density at radius 3 is 2.56 bits per heavy atom. The molecule has 2 rings (SSSR count). The van der Waals surface area contributed by atoms with E-state index in [1.54, 1.807) is 30.4 Å². The molecule has 0 fully saturated rings. The lowest BCUT2D eigenvalue weighted by Gasteiger charge is -2.13. The summed E-state index contributed by atoms with van der Waals surface area (Å²) in [5, 5.41) is 4.23. The molecule has 0 radical (unpaired) electrons. The molecule has 0 aliphatic rings. The van der Waals surface area contributed by atoms with Gasteiger partial charge in [-0.15, -0.1) is 0 Å². The van der Waals surface area contributed by atoms with Crippen LogP contribution in [0.5, 0.6) is 5.75 Å². The van der Waals surface area contributed by atoms with E-state index in [0.29, 0.717) is 11.6 Å².